The molecule has 5 rings (SSSR count). The number of nitrogens with one attached hydrogen (secondary N) is 1. The molecule has 2 aromatic heterocycles. The van der Waals surface area contributed by atoms with E-state index in [1.54, 1.807) is 5.38 Å². The second kappa shape index (κ2) is 9.14. The number of rotatable bonds is 7. The Morgan fingerprint density at radius 1 is 1.16 bits per heavy atom. The van der Waals surface area contributed by atoms with E-state index < -0.39 is 11.6 Å². The number of thioether (sulfide) groups is 1. The number of hydrogen-bond acceptors (Lipinski definition) is 7. The number of carbonyl (C=O) groups excluding carboxylic acids is 1. The molecule has 0 atom stereocenters. The Morgan fingerprint density at radius 3 is 2.72 bits per heavy atom. The van der Waals surface area contributed by atoms with Gasteiger partial charge >= 0.3 is 0 Å². The van der Waals surface area contributed by atoms with Gasteiger partial charge in [0.15, 0.2) is 21.9 Å². The number of benzene rings is 1. The van der Waals surface area contributed by atoms with Crippen molar-refractivity contribution in [3.8, 4) is 11.3 Å². The molecule has 7 nitrogen and oxygen atoms in total. The van der Waals surface area contributed by atoms with Gasteiger partial charge in [0.25, 0.3) is 0 Å². The summed E-state index contributed by atoms with van der Waals surface area (Å²) in [5.41, 5.74) is 0.939. The Labute approximate surface area is 192 Å². The maximum absolute atomic E-state index is 13.5. The van der Waals surface area contributed by atoms with Gasteiger partial charge in [-0.05, 0) is 50.3 Å². The third-order valence-corrected chi connectivity index (χ3v) is 7.20. The highest BCUT2D eigenvalue weighted by Crippen LogP contribution is 2.41. The van der Waals surface area contributed by atoms with Crippen LogP contribution in [0.15, 0.2) is 28.7 Å². The standard InChI is InChI=1S/C21H22F2N6OS2/c22-15-7-4-13(10-16(15)23)17-11-31-19(24-17)25-18(30)12-32-21-27-26-20(29(21)14-5-6-14)28-8-2-1-3-9-28/h4,7,10-11,14H,1-3,5-6,8-9,12H2,(H,24,25,30). The first kappa shape index (κ1) is 21.3. The second-order valence-electron chi connectivity index (χ2n) is 7.94. The van der Waals surface area contributed by atoms with E-state index in [0.717, 1.165) is 49.2 Å². The van der Waals surface area contributed by atoms with Crippen molar-refractivity contribution in [3.63, 3.8) is 0 Å². The lowest BCUT2D eigenvalue weighted by atomic mass is 10.1. The van der Waals surface area contributed by atoms with Crippen LogP contribution in [0.1, 0.15) is 38.1 Å². The Morgan fingerprint density at radius 2 is 1.97 bits per heavy atom. The van der Waals surface area contributed by atoms with Crippen molar-refractivity contribution in [3.05, 3.63) is 35.2 Å². The highest BCUT2D eigenvalue weighted by atomic mass is 32.2. The molecule has 1 amide bonds. The first-order valence-corrected chi connectivity index (χ1v) is 12.5. The molecular weight excluding hydrogens is 454 g/mol. The van der Waals surface area contributed by atoms with Crippen molar-refractivity contribution >= 4 is 40.1 Å². The van der Waals surface area contributed by atoms with Gasteiger partial charge < -0.3 is 10.2 Å². The number of carbonyl (C=O) groups is 1. The summed E-state index contributed by atoms with van der Waals surface area (Å²) in [6, 6.07) is 4.04. The van der Waals surface area contributed by atoms with E-state index in [1.807, 2.05) is 0 Å². The summed E-state index contributed by atoms with van der Waals surface area (Å²) >= 11 is 2.61. The van der Waals surface area contributed by atoms with Crippen LogP contribution in [-0.2, 0) is 4.79 Å². The molecule has 3 aromatic rings. The molecule has 0 bridgehead atoms. The van der Waals surface area contributed by atoms with Gasteiger partial charge in [0, 0.05) is 30.1 Å². The SMILES string of the molecule is O=C(CSc1nnc(N2CCCCC2)n1C1CC1)Nc1nc(-c2ccc(F)c(F)c2)cs1. The highest BCUT2D eigenvalue weighted by molar-refractivity contribution is 7.99. The lowest BCUT2D eigenvalue weighted by Crippen LogP contribution is -2.32. The van der Waals surface area contributed by atoms with Crippen LogP contribution >= 0.6 is 23.1 Å². The zero-order valence-electron chi connectivity index (χ0n) is 17.3. The number of thiazole rings is 1. The topological polar surface area (TPSA) is 75.9 Å². The van der Waals surface area contributed by atoms with Crippen molar-refractivity contribution in [2.45, 2.75) is 43.3 Å². The molecule has 0 unspecified atom stereocenters. The van der Waals surface area contributed by atoms with Crippen molar-refractivity contribution < 1.29 is 13.6 Å². The predicted molar refractivity (Wildman–Crippen MR) is 121 cm³/mol. The predicted octanol–water partition coefficient (Wildman–Crippen LogP) is 4.74. The lowest BCUT2D eigenvalue weighted by Gasteiger charge is -2.27. The maximum Gasteiger partial charge on any atom is 0.236 e. The minimum Gasteiger partial charge on any atom is -0.341 e. The number of nitrogens with zero attached hydrogens (tertiary/aromatic N) is 5. The van der Waals surface area contributed by atoms with Crippen LogP contribution in [0, 0.1) is 11.6 Å². The number of halogens is 2. The summed E-state index contributed by atoms with van der Waals surface area (Å²) in [6.07, 6.45) is 5.82. The average Bonchev–Trinajstić information content (AvgIpc) is 3.38. The highest BCUT2D eigenvalue weighted by Gasteiger charge is 2.32. The van der Waals surface area contributed by atoms with Gasteiger partial charge in [-0.3, -0.25) is 9.36 Å². The molecule has 1 N–H and O–H groups in total. The third-order valence-electron chi connectivity index (χ3n) is 5.50. The smallest absolute Gasteiger partial charge is 0.236 e. The molecule has 0 spiro atoms. The van der Waals surface area contributed by atoms with Gasteiger partial charge in [-0.15, -0.1) is 21.5 Å². The number of anilines is 2. The zero-order valence-corrected chi connectivity index (χ0v) is 18.9. The molecule has 1 saturated carbocycles. The van der Waals surface area contributed by atoms with Gasteiger partial charge in [-0.2, -0.15) is 0 Å². The summed E-state index contributed by atoms with van der Waals surface area (Å²) in [4.78, 5) is 19.1. The molecule has 168 valence electrons. The number of hydrogen-bond donors (Lipinski definition) is 1. The van der Waals surface area contributed by atoms with Crippen LogP contribution in [0.5, 0.6) is 0 Å². The van der Waals surface area contributed by atoms with E-state index in [-0.39, 0.29) is 11.7 Å². The van der Waals surface area contributed by atoms with Gasteiger partial charge in [-0.25, -0.2) is 13.8 Å². The van der Waals surface area contributed by atoms with E-state index in [9.17, 15) is 13.6 Å². The molecule has 1 saturated heterocycles. The zero-order chi connectivity index (χ0) is 22.1. The largest absolute Gasteiger partial charge is 0.341 e. The molecule has 1 aliphatic carbocycles. The fourth-order valence-corrected chi connectivity index (χ4v) is 5.27. The first-order valence-electron chi connectivity index (χ1n) is 10.6. The first-order chi connectivity index (χ1) is 15.6. The second-order valence-corrected chi connectivity index (χ2v) is 9.74. The Kier molecular flexibility index (Phi) is 6.09. The molecule has 11 heteroatoms. The molecule has 3 heterocycles. The Bertz CT molecular complexity index is 1120. The molecular formula is C21H22F2N6OS2. The van der Waals surface area contributed by atoms with E-state index >= 15 is 0 Å². The van der Waals surface area contributed by atoms with Crippen molar-refractivity contribution in [1.82, 2.24) is 19.7 Å². The van der Waals surface area contributed by atoms with Gasteiger partial charge in [0.1, 0.15) is 0 Å². The normalized spacial score (nSPS) is 16.4. The van der Waals surface area contributed by atoms with Gasteiger partial charge in [0.2, 0.25) is 11.9 Å². The fraction of sp³-hybridized carbons (Fsp3) is 0.429. The number of amides is 1. The Hall–Kier alpha value is -2.53. The van der Waals surface area contributed by atoms with Crippen LogP contribution < -0.4 is 10.2 Å². The lowest BCUT2D eigenvalue weighted by molar-refractivity contribution is -0.113. The van der Waals surface area contributed by atoms with Crippen molar-refractivity contribution in [2.75, 3.05) is 29.1 Å². The van der Waals surface area contributed by atoms with Crippen LogP contribution in [0.3, 0.4) is 0 Å². The summed E-state index contributed by atoms with van der Waals surface area (Å²) in [5.74, 6) is -0.930. The molecule has 0 radical (unpaired) electrons. The quantitative estimate of drug-likeness (QED) is 0.497. The van der Waals surface area contributed by atoms with Gasteiger partial charge in [-0.1, -0.05) is 11.8 Å². The Balaban J connectivity index is 1.22. The third kappa shape index (κ3) is 4.63. The summed E-state index contributed by atoms with van der Waals surface area (Å²) in [5, 5.41) is 14.4. The van der Waals surface area contributed by atoms with Crippen molar-refractivity contribution in [2.24, 2.45) is 0 Å². The molecule has 2 aliphatic rings. The molecule has 1 aliphatic heterocycles. The number of piperidine rings is 1. The minimum absolute atomic E-state index is 0.185. The number of aromatic nitrogens is 4. The molecule has 2 fully saturated rings. The summed E-state index contributed by atoms with van der Waals surface area (Å²) in [6.45, 7) is 2.00. The van der Waals surface area contributed by atoms with E-state index in [0.29, 0.717) is 22.4 Å². The van der Waals surface area contributed by atoms with Crippen molar-refractivity contribution in [1.29, 1.82) is 0 Å². The maximum atomic E-state index is 13.5. The summed E-state index contributed by atoms with van der Waals surface area (Å²) < 4.78 is 28.8. The van der Waals surface area contributed by atoms with E-state index in [4.69, 9.17) is 0 Å². The van der Waals surface area contributed by atoms with E-state index in [2.05, 4.69) is 30.0 Å². The molecule has 1 aromatic carbocycles. The monoisotopic (exact) mass is 476 g/mol. The van der Waals surface area contributed by atoms with Crippen LogP contribution in [0.4, 0.5) is 19.9 Å². The fourth-order valence-electron chi connectivity index (χ4n) is 3.73. The summed E-state index contributed by atoms with van der Waals surface area (Å²) in [7, 11) is 0. The van der Waals surface area contributed by atoms with Crippen LogP contribution in [-0.4, -0.2) is 44.5 Å². The van der Waals surface area contributed by atoms with E-state index in [1.165, 1.54) is 48.4 Å². The van der Waals surface area contributed by atoms with Crippen LogP contribution in [0.25, 0.3) is 11.3 Å². The van der Waals surface area contributed by atoms with Gasteiger partial charge in [0.05, 0.1) is 11.4 Å². The van der Waals surface area contributed by atoms with Crippen LogP contribution in [0.2, 0.25) is 0 Å². The molecule has 32 heavy (non-hydrogen) atoms. The minimum atomic E-state index is -0.929. The average molecular weight is 477 g/mol.